The number of carbonyl (C=O) groups excluding carboxylic acids is 1. The summed E-state index contributed by atoms with van der Waals surface area (Å²) in [6, 6.07) is 6.69. The minimum absolute atomic E-state index is 0.148. The molecule has 1 aromatic carbocycles. The van der Waals surface area contributed by atoms with Crippen molar-refractivity contribution in [3.8, 4) is 5.75 Å². The van der Waals surface area contributed by atoms with Crippen LogP contribution in [-0.4, -0.2) is 50.8 Å². The van der Waals surface area contributed by atoms with E-state index in [-0.39, 0.29) is 5.91 Å². The second-order valence-corrected chi connectivity index (χ2v) is 8.22. The van der Waals surface area contributed by atoms with Gasteiger partial charge in [0.2, 0.25) is 5.91 Å². The van der Waals surface area contributed by atoms with Crippen LogP contribution >= 0.6 is 0 Å². The Bertz CT molecular complexity index is 712. The highest BCUT2D eigenvalue weighted by atomic mass is 16.5. The molecule has 1 unspecified atom stereocenters. The summed E-state index contributed by atoms with van der Waals surface area (Å²) in [6.45, 7) is 8.45. The number of nitrogens with one attached hydrogen (secondary N) is 3. The summed E-state index contributed by atoms with van der Waals surface area (Å²) < 4.78 is 11.6. The fraction of sp³-hybridized carbons (Fsp3) is 0.652. The molecule has 2 fully saturated rings. The van der Waals surface area contributed by atoms with Crippen LogP contribution in [-0.2, 0) is 16.1 Å². The maximum Gasteiger partial charge on any atom is 0.220 e. The van der Waals surface area contributed by atoms with Gasteiger partial charge in [0.1, 0.15) is 5.75 Å². The maximum atomic E-state index is 11.8. The first kappa shape index (κ1) is 22.4. The number of aliphatic imine (C=N–C) groups is 1. The Labute approximate surface area is 180 Å². The topological polar surface area (TPSA) is 84.0 Å². The highest BCUT2D eigenvalue weighted by Gasteiger charge is 2.22. The summed E-state index contributed by atoms with van der Waals surface area (Å²) in [5, 5.41) is 9.62. The molecule has 3 N–H and O–H groups in total. The van der Waals surface area contributed by atoms with Crippen LogP contribution in [0, 0.1) is 12.8 Å². The van der Waals surface area contributed by atoms with E-state index in [4.69, 9.17) is 14.5 Å². The summed E-state index contributed by atoms with van der Waals surface area (Å²) in [5.41, 5.74) is 2.25. The molecule has 1 heterocycles. The molecule has 30 heavy (non-hydrogen) atoms. The molecule has 0 bridgehead atoms. The number of carbonyl (C=O) groups is 1. The highest BCUT2D eigenvalue weighted by molar-refractivity contribution is 5.80. The fourth-order valence-corrected chi connectivity index (χ4v) is 3.34. The number of hydrogen-bond acceptors (Lipinski definition) is 4. The number of guanidine groups is 1. The number of ether oxygens (including phenoxy) is 2. The lowest BCUT2D eigenvalue weighted by molar-refractivity contribution is -0.121. The zero-order valence-electron chi connectivity index (χ0n) is 18.3. The van der Waals surface area contributed by atoms with Crippen molar-refractivity contribution in [3.05, 3.63) is 29.3 Å². The number of hydrogen-bond donors (Lipinski definition) is 3. The molecule has 1 aliphatic carbocycles. The van der Waals surface area contributed by atoms with E-state index in [1.165, 1.54) is 5.56 Å². The van der Waals surface area contributed by atoms with Crippen molar-refractivity contribution >= 4 is 11.9 Å². The molecule has 7 nitrogen and oxygen atoms in total. The van der Waals surface area contributed by atoms with Crippen molar-refractivity contribution in [1.82, 2.24) is 16.0 Å². The van der Waals surface area contributed by atoms with E-state index < -0.39 is 0 Å². The molecule has 1 aromatic rings. The zero-order chi connectivity index (χ0) is 21.2. The van der Waals surface area contributed by atoms with Gasteiger partial charge in [0, 0.05) is 43.6 Å². The first-order valence-corrected chi connectivity index (χ1v) is 11.3. The van der Waals surface area contributed by atoms with Crippen molar-refractivity contribution < 1.29 is 14.3 Å². The van der Waals surface area contributed by atoms with Gasteiger partial charge in [0.25, 0.3) is 0 Å². The van der Waals surface area contributed by atoms with Gasteiger partial charge in [0.15, 0.2) is 5.96 Å². The molecule has 7 heteroatoms. The van der Waals surface area contributed by atoms with E-state index >= 15 is 0 Å². The van der Waals surface area contributed by atoms with Gasteiger partial charge in [-0.15, -0.1) is 0 Å². The van der Waals surface area contributed by atoms with E-state index in [1.54, 1.807) is 0 Å². The Kier molecular flexibility index (Phi) is 8.81. The number of nitrogens with zero attached hydrogens (tertiary/aromatic N) is 1. The van der Waals surface area contributed by atoms with Gasteiger partial charge in [-0.05, 0) is 51.2 Å². The average molecular weight is 417 g/mol. The lowest BCUT2D eigenvalue weighted by atomic mass is 10.1. The average Bonchev–Trinajstić information content (AvgIpc) is 3.38. The van der Waals surface area contributed by atoms with Gasteiger partial charge < -0.3 is 25.4 Å². The van der Waals surface area contributed by atoms with Crippen LogP contribution in [0.4, 0.5) is 0 Å². The van der Waals surface area contributed by atoms with Crippen molar-refractivity contribution in [2.24, 2.45) is 10.9 Å². The largest absolute Gasteiger partial charge is 0.493 e. The van der Waals surface area contributed by atoms with Crippen LogP contribution < -0.4 is 20.7 Å². The van der Waals surface area contributed by atoms with Crippen molar-refractivity contribution in [3.63, 3.8) is 0 Å². The monoisotopic (exact) mass is 416 g/mol. The normalized spacial score (nSPS) is 18.9. The third-order valence-corrected chi connectivity index (χ3v) is 5.29. The summed E-state index contributed by atoms with van der Waals surface area (Å²) >= 11 is 0. The summed E-state index contributed by atoms with van der Waals surface area (Å²) in [6.07, 6.45) is 4.64. The van der Waals surface area contributed by atoms with Gasteiger partial charge in [-0.25, -0.2) is 4.99 Å². The fourth-order valence-electron chi connectivity index (χ4n) is 3.34. The van der Waals surface area contributed by atoms with Gasteiger partial charge in [-0.2, -0.15) is 0 Å². The minimum atomic E-state index is 0.148. The van der Waals surface area contributed by atoms with Gasteiger partial charge in [-0.3, -0.25) is 4.79 Å². The Morgan fingerprint density at radius 1 is 1.27 bits per heavy atom. The number of rotatable bonds is 11. The van der Waals surface area contributed by atoms with Gasteiger partial charge >= 0.3 is 0 Å². The smallest absolute Gasteiger partial charge is 0.220 e. The Balaban J connectivity index is 1.49. The molecule has 0 spiro atoms. The van der Waals surface area contributed by atoms with Gasteiger partial charge in [0.05, 0.1) is 19.8 Å². The van der Waals surface area contributed by atoms with E-state index in [0.29, 0.717) is 38.1 Å². The van der Waals surface area contributed by atoms with Crippen LogP contribution in [0.25, 0.3) is 0 Å². The number of benzene rings is 1. The lowest BCUT2D eigenvalue weighted by Crippen LogP contribution is -2.38. The molecule has 2 aliphatic rings. The van der Waals surface area contributed by atoms with Crippen LogP contribution in [0.3, 0.4) is 0 Å². The Morgan fingerprint density at radius 2 is 2.13 bits per heavy atom. The SMILES string of the molecule is CCNC(=NCc1ccc(C)cc1OCC1CCOC1)NCCCC(=O)NC1CC1. The zero-order valence-corrected chi connectivity index (χ0v) is 18.3. The second-order valence-electron chi connectivity index (χ2n) is 8.22. The molecule has 1 atom stereocenters. The standard InChI is InChI=1S/C23H36N4O3/c1-3-24-23(25-11-4-5-22(28)27-20-8-9-20)26-14-19-7-6-17(2)13-21(19)30-16-18-10-12-29-15-18/h6-7,13,18,20H,3-5,8-12,14-16H2,1-2H3,(H,27,28)(H2,24,25,26). The molecule has 1 saturated carbocycles. The van der Waals surface area contributed by atoms with Crippen LogP contribution in [0.5, 0.6) is 5.75 Å². The van der Waals surface area contributed by atoms with Crippen LogP contribution in [0.15, 0.2) is 23.2 Å². The molecule has 1 amide bonds. The van der Waals surface area contributed by atoms with Crippen molar-refractivity contribution in [1.29, 1.82) is 0 Å². The van der Waals surface area contributed by atoms with Crippen LogP contribution in [0.2, 0.25) is 0 Å². The van der Waals surface area contributed by atoms with E-state index in [2.05, 4.69) is 41.1 Å². The number of aryl methyl sites for hydroxylation is 1. The third-order valence-electron chi connectivity index (χ3n) is 5.29. The molecule has 1 aliphatic heterocycles. The molecule has 0 radical (unpaired) electrons. The maximum absolute atomic E-state index is 11.8. The molecular formula is C23H36N4O3. The van der Waals surface area contributed by atoms with Crippen LogP contribution in [0.1, 0.15) is 50.2 Å². The van der Waals surface area contributed by atoms with Crippen molar-refractivity contribution in [2.45, 2.75) is 58.5 Å². The molecule has 1 saturated heterocycles. The summed E-state index contributed by atoms with van der Waals surface area (Å²) in [4.78, 5) is 16.5. The van der Waals surface area contributed by atoms with Gasteiger partial charge in [-0.1, -0.05) is 12.1 Å². The quantitative estimate of drug-likeness (QED) is 0.293. The predicted octanol–water partition coefficient (Wildman–Crippen LogP) is 2.52. The molecular weight excluding hydrogens is 380 g/mol. The predicted molar refractivity (Wildman–Crippen MR) is 119 cm³/mol. The Hall–Kier alpha value is -2.28. The number of amides is 1. The Morgan fingerprint density at radius 3 is 2.87 bits per heavy atom. The van der Waals surface area contributed by atoms with E-state index in [0.717, 1.165) is 62.7 Å². The third kappa shape index (κ3) is 7.86. The van der Waals surface area contributed by atoms with E-state index in [9.17, 15) is 4.79 Å². The van der Waals surface area contributed by atoms with Crippen molar-refractivity contribution in [2.75, 3.05) is 32.9 Å². The van der Waals surface area contributed by atoms with E-state index in [1.807, 2.05) is 6.92 Å². The highest BCUT2D eigenvalue weighted by Crippen LogP contribution is 2.23. The minimum Gasteiger partial charge on any atom is -0.493 e. The molecule has 0 aromatic heterocycles. The molecule has 3 rings (SSSR count). The summed E-state index contributed by atoms with van der Waals surface area (Å²) in [5.74, 6) is 2.28. The summed E-state index contributed by atoms with van der Waals surface area (Å²) in [7, 11) is 0. The second kappa shape index (κ2) is 11.8. The lowest BCUT2D eigenvalue weighted by Gasteiger charge is -2.15. The first-order chi connectivity index (χ1) is 14.6. The molecule has 166 valence electrons. The first-order valence-electron chi connectivity index (χ1n) is 11.3.